The summed E-state index contributed by atoms with van der Waals surface area (Å²) in [6, 6.07) is 7.36. The molecule has 0 radical (unpaired) electrons. The summed E-state index contributed by atoms with van der Waals surface area (Å²) in [5.41, 5.74) is 4.39. The van der Waals surface area contributed by atoms with Gasteiger partial charge >= 0.3 is 0 Å². The highest BCUT2D eigenvalue weighted by Gasteiger charge is 2.16. The van der Waals surface area contributed by atoms with Gasteiger partial charge in [-0.25, -0.2) is 5.43 Å². The molecule has 1 saturated carbocycles. The molecule has 0 aromatic heterocycles. The first kappa shape index (κ1) is 13.3. The average Bonchev–Trinajstić information content (AvgIpc) is 2.38. The van der Waals surface area contributed by atoms with Gasteiger partial charge in [-0.1, -0.05) is 25.5 Å². The zero-order chi connectivity index (χ0) is 13.0. The number of nitrogens with zero attached hydrogens (tertiary/aromatic N) is 1. The number of nitrogens with one attached hydrogen (secondary N) is 1. The van der Waals surface area contributed by atoms with Crippen molar-refractivity contribution in [3.8, 4) is 0 Å². The Morgan fingerprint density at radius 3 is 2.89 bits per heavy atom. The van der Waals surface area contributed by atoms with Crippen LogP contribution in [0.4, 0.5) is 0 Å². The van der Waals surface area contributed by atoms with Crippen molar-refractivity contribution in [1.29, 1.82) is 0 Å². The molecule has 96 valence electrons. The summed E-state index contributed by atoms with van der Waals surface area (Å²) in [5.74, 6) is 0.325. The van der Waals surface area contributed by atoms with E-state index in [2.05, 4.69) is 33.4 Å². The fourth-order valence-electron chi connectivity index (χ4n) is 2.16. The molecule has 1 atom stereocenters. The van der Waals surface area contributed by atoms with E-state index < -0.39 is 0 Å². The lowest BCUT2D eigenvalue weighted by Gasteiger charge is -2.19. The lowest BCUT2D eigenvalue weighted by atomic mass is 9.89. The van der Waals surface area contributed by atoms with Crippen LogP contribution >= 0.6 is 15.9 Å². The molecule has 0 unspecified atom stereocenters. The van der Waals surface area contributed by atoms with E-state index in [0.717, 1.165) is 16.6 Å². The van der Waals surface area contributed by atoms with Crippen LogP contribution in [0.3, 0.4) is 0 Å². The second-order valence-corrected chi connectivity index (χ2v) is 5.53. The minimum Gasteiger partial charge on any atom is -0.267 e. The molecule has 0 aliphatic heterocycles. The van der Waals surface area contributed by atoms with Crippen LogP contribution in [0.1, 0.15) is 43.0 Å². The second-order valence-electron chi connectivity index (χ2n) is 4.67. The van der Waals surface area contributed by atoms with Gasteiger partial charge in [0.15, 0.2) is 0 Å². The third kappa shape index (κ3) is 3.19. The van der Waals surface area contributed by atoms with E-state index in [4.69, 9.17) is 0 Å². The lowest BCUT2D eigenvalue weighted by Crippen LogP contribution is -2.24. The van der Waals surface area contributed by atoms with E-state index in [-0.39, 0.29) is 5.91 Å². The molecule has 0 saturated heterocycles. The summed E-state index contributed by atoms with van der Waals surface area (Å²) in [7, 11) is 0. The van der Waals surface area contributed by atoms with E-state index in [1.165, 1.54) is 19.3 Å². The number of rotatable bonds is 2. The van der Waals surface area contributed by atoms with Gasteiger partial charge in [0.2, 0.25) is 0 Å². The van der Waals surface area contributed by atoms with Gasteiger partial charge in [-0.2, -0.15) is 5.10 Å². The van der Waals surface area contributed by atoms with Gasteiger partial charge in [0.05, 0.1) is 5.56 Å². The molecule has 4 heteroatoms. The zero-order valence-corrected chi connectivity index (χ0v) is 12.0. The van der Waals surface area contributed by atoms with Crippen LogP contribution in [-0.2, 0) is 0 Å². The zero-order valence-electron chi connectivity index (χ0n) is 10.4. The van der Waals surface area contributed by atoms with Crippen molar-refractivity contribution in [3.05, 3.63) is 34.3 Å². The Labute approximate surface area is 116 Å². The maximum atomic E-state index is 12.0. The summed E-state index contributed by atoms with van der Waals surface area (Å²) in [6.07, 6.45) is 4.60. The summed E-state index contributed by atoms with van der Waals surface area (Å²) in [5, 5.41) is 4.28. The molecule has 1 aliphatic carbocycles. The minimum absolute atomic E-state index is 0.159. The van der Waals surface area contributed by atoms with E-state index in [1.807, 2.05) is 18.2 Å². The molecular formula is C14H17BrN2O. The molecule has 1 amide bonds. The Morgan fingerprint density at radius 2 is 2.17 bits per heavy atom. The number of benzene rings is 1. The third-order valence-corrected chi connectivity index (χ3v) is 4.00. The van der Waals surface area contributed by atoms with Crippen LogP contribution in [0, 0.1) is 5.92 Å². The monoisotopic (exact) mass is 308 g/mol. The smallest absolute Gasteiger partial charge is 0.267 e. The van der Waals surface area contributed by atoms with Crippen molar-refractivity contribution in [2.45, 2.75) is 32.6 Å². The Balaban J connectivity index is 2.04. The molecule has 18 heavy (non-hydrogen) atoms. The fourth-order valence-corrected chi connectivity index (χ4v) is 2.63. The molecule has 1 aliphatic rings. The highest BCUT2D eigenvalue weighted by atomic mass is 79.9. The molecule has 1 aromatic rings. The maximum absolute atomic E-state index is 12.0. The number of hydrazone groups is 1. The Bertz CT molecular complexity index is 471. The SMILES string of the molecule is C[C@@H]1CCCC/C1=N/NC(=O)c1ccccc1Br. The number of hydrogen-bond donors (Lipinski definition) is 1. The summed E-state index contributed by atoms with van der Waals surface area (Å²) in [4.78, 5) is 12.0. The predicted octanol–water partition coefficient (Wildman–Crippen LogP) is 3.75. The van der Waals surface area contributed by atoms with Crippen molar-refractivity contribution < 1.29 is 4.79 Å². The number of carbonyl (C=O) groups is 1. The Kier molecular flexibility index (Phi) is 4.53. The number of halogens is 1. The van der Waals surface area contributed by atoms with Gasteiger partial charge in [0.25, 0.3) is 5.91 Å². The Hall–Kier alpha value is -1.16. The van der Waals surface area contributed by atoms with E-state index in [1.54, 1.807) is 6.07 Å². The van der Waals surface area contributed by atoms with Gasteiger partial charge < -0.3 is 0 Å². The first-order valence-electron chi connectivity index (χ1n) is 6.30. The molecule has 0 bridgehead atoms. The van der Waals surface area contributed by atoms with Gasteiger partial charge in [-0.15, -0.1) is 0 Å². The van der Waals surface area contributed by atoms with Crippen molar-refractivity contribution in [2.75, 3.05) is 0 Å². The molecular weight excluding hydrogens is 292 g/mol. The average molecular weight is 309 g/mol. The molecule has 1 fully saturated rings. The van der Waals surface area contributed by atoms with E-state index in [0.29, 0.717) is 11.5 Å². The maximum Gasteiger partial charge on any atom is 0.272 e. The molecule has 0 heterocycles. The van der Waals surface area contributed by atoms with Gasteiger partial charge in [0.1, 0.15) is 0 Å². The van der Waals surface area contributed by atoms with Gasteiger partial charge in [-0.05, 0) is 53.2 Å². The highest BCUT2D eigenvalue weighted by Crippen LogP contribution is 2.21. The molecule has 3 nitrogen and oxygen atoms in total. The first-order valence-corrected chi connectivity index (χ1v) is 7.09. The minimum atomic E-state index is -0.159. The van der Waals surface area contributed by atoms with Crippen LogP contribution in [0.15, 0.2) is 33.8 Å². The quantitative estimate of drug-likeness (QED) is 0.831. The summed E-state index contributed by atoms with van der Waals surface area (Å²) in [6.45, 7) is 2.17. The first-order chi connectivity index (χ1) is 8.68. The van der Waals surface area contributed by atoms with Crippen LogP contribution in [0.25, 0.3) is 0 Å². The molecule has 0 spiro atoms. The van der Waals surface area contributed by atoms with Crippen molar-refractivity contribution >= 4 is 27.5 Å². The van der Waals surface area contributed by atoms with E-state index >= 15 is 0 Å². The molecule has 2 rings (SSSR count). The second kappa shape index (κ2) is 6.14. The molecule has 1 aromatic carbocycles. The number of carbonyl (C=O) groups excluding carboxylic acids is 1. The van der Waals surface area contributed by atoms with Crippen molar-refractivity contribution in [3.63, 3.8) is 0 Å². The number of hydrogen-bond acceptors (Lipinski definition) is 2. The Morgan fingerprint density at radius 1 is 1.39 bits per heavy atom. The predicted molar refractivity (Wildman–Crippen MR) is 76.7 cm³/mol. The van der Waals surface area contributed by atoms with Gasteiger partial charge in [-0.3, -0.25) is 4.79 Å². The standard InChI is InChI=1S/C14H17BrN2O/c1-10-6-2-5-9-13(10)16-17-14(18)11-7-3-4-8-12(11)15/h3-4,7-8,10H,2,5-6,9H2,1H3,(H,17,18)/b16-13-/t10-/m1/s1. The number of amides is 1. The van der Waals surface area contributed by atoms with Gasteiger partial charge in [0, 0.05) is 10.2 Å². The van der Waals surface area contributed by atoms with Crippen molar-refractivity contribution in [1.82, 2.24) is 5.43 Å². The van der Waals surface area contributed by atoms with Crippen LogP contribution in [0.5, 0.6) is 0 Å². The fraction of sp³-hybridized carbons (Fsp3) is 0.429. The summed E-state index contributed by atoms with van der Waals surface area (Å²) < 4.78 is 0.791. The lowest BCUT2D eigenvalue weighted by molar-refractivity contribution is 0.0953. The van der Waals surface area contributed by atoms with Crippen LogP contribution in [0.2, 0.25) is 0 Å². The van der Waals surface area contributed by atoms with E-state index in [9.17, 15) is 4.79 Å². The largest absolute Gasteiger partial charge is 0.272 e. The van der Waals surface area contributed by atoms with Crippen LogP contribution in [-0.4, -0.2) is 11.6 Å². The molecule has 1 N–H and O–H groups in total. The topological polar surface area (TPSA) is 41.5 Å². The van der Waals surface area contributed by atoms with Crippen molar-refractivity contribution in [2.24, 2.45) is 11.0 Å². The third-order valence-electron chi connectivity index (χ3n) is 3.31. The van der Waals surface area contributed by atoms with Crippen LogP contribution < -0.4 is 5.43 Å². The summed E-state index contributed by atoms with van der Waals surface area (Å²) >= 11 is 3.37. The normalized spacial score (nSPS) is 21.9. The highest BCUT2D eigenvalue weighted by molar-refractivity contribution is 9.10.